The number of nitrogens with one attached hydrogen (secondary N) is 3. The quantitative estimate of drug-likeness (QED) is 0.110. The summed E-state index contributed by atoms with van der Waals surface area (Å²) in [5.74, 6) is -2.88. The van der Waals surface area contributed by atoms with Crippen molar-refractivity contribution in [3.63, 3.8) is 0 Å². The molecule has 14 nitrogen and oxygen atoms in total. The molecule has 2 aliphatic heterocycles. The van der Waals surface area contributed by atoms with Gasteiger partial charge in [-0.1, -0.05) is 42.1 Å². The SMILES string of the molecule is CS(=O)(=O)NCCC(Sc1nnn[nH]1)C1=C(C(=O)[O-])N2C(=O)[C@@H](NC(=O)C(O)c3ccccc3)[C@@H]2SC1.[Na+]. The molecule has 2 amide bonds. The van der Waals surface area contributed by atoms with Gasteiger partial charge in [0.05, 0.1) is 17.9 Å². The largest absolute Gasteiger partial charge is 1.00 e. The van der Waals surface area contributed by atoms with Gasteiger partial charge in [-0.15, -0.1) is 16.9 Å². The Balaban J connectivity index is 0.00000400. The molecule has 18 heteroatoms. The number of thioether (sulfide) groups is 2. The topological polar surface area (TPSA) is 210 Å². The maximum absolute atomic E-state index is 13.0. The third kappa shape index (κ3) is 6.95. The van der Waals surface area contributed by atoms with E-state index >= 15 is 0 Å². The van der Waals surface area contributed by atoms with Crippen LogP contribution in [0.25, 0.3) is 0 Å². The molecule has 3 heterocycles. The minimum absolute atomic E-state index is 0. The fourth-order valence-electron chi connectivity index (χ4n) is 3.91. The van der Waals surface area contributed by atoms with Crippen LogP contribution in [-0.4, -0.2) is 92.1 Å². The van der Waals surface area contributed by atoms with Crippen LogP contribution in [0.15, 0.2) is 46.8 Å². The number of amides is 2. The van der Waals surface area contributed by atoms with Gasteiger partial charge in [0.1, 0.15) is 11.4 Å². The molecule has 198 valence electrons. The monoisotopic (exact) mass is 591 g/mol. The average molecular weight is 592 g/mol. The number of β-lactam (4-membered cyclic amide) rings is 1. The zero-order chi connectivity index (χ0) is 26.7. The van der Waals surface area contributed by atoms with Crippen LogP contribution in [0.2, 0.25) is 0 Å². The summed E-state index contributed by atoms with van der Waals surface area (Å²) >= 11 is 2.32. The summed E-state index contributed by atoms with van der Waals surface area (Å²) in [5, 5.41) is 37.3. The summed E-state index contributed by atoms with van der Waals surface area (Å²) in [4.78, 5) is 38.8. The number of H-pyrrole nitrogens is 1. The number of hydrogen-bond acceptors (Lipinski definition) is 12. The summed E-state index contributed by atoms with van der Waals surface area (Å²) < 4.78 is 25.4. The Morgan fingerprint density at radius 3 is 2.66 bits per heavy atom. The van der Waals surface area contributed by atoms with Gasteiger partial charge in [-0.3, -0.25) is 14.5 Å². The minimum Gasteiger partial charge on any atom is -0.543 e. The second kappa shape index (κ2) is 12.9. The maximum Gasteiger partial charge on any atom is 1.00 e. The molecule has 0 radical (unpaired) electrons. The van der Waals surface area contributed by atoms with Crippen LogP contribution < -0.4 is 44.7 Å². The van der Waals surface area contributed by atoms with Crippen LogP contribution in [0.3, 0.4) is 0 Å². The van der Waals surface area contributed by atoms with E-state index in [0.29, 0.717) is 11.1 Å². The zero-order valence-electron chi connectivity index (χ0n) is 20.2. The van der Waals surface area contributed by atoms with Crippen LogP contribution in [0, 0.1) is 0 Å². The fourth-order valence-corrected chi connectivity index (χ4v) is 6.95. The predicted octanol–water partition coefficient (Wildman–Crippen LogP) is -5.26. The molecule has 2 unspecified atom stereocenters. The van der Waals surface area contributed by atoms with E-state index in [1.807, 2.05) is 0 Å². The number of carbonyl (C=O) groups excluding carboxylic acids is 3. The smallest absolute Gasteiger partial charge is 0.543 e. The third-order valence-electron chi connectivity index (χ3n) is 5.59. The van der Waals surface area contributed by atoms with E-state index in [2.05, 4.69) is 30.7 Å². The van der Waals surface area contributed by atoms with Crippen molar-refractivity contribution in [1.82, 2.24) is 35.6 Å². The number of aliphatic hydroxyl groups excluding tert-OH is 1. The van der Waals surface area contributed by atoms with Crippen molar-refractivity contribution in [3.05, 3.63) is 47.2 Å². The summed E-state index contributed by atoms with van der Waals surface area (Å²) in [7, 11) is -3.49. The Labute approximate surface area is 248 Å². The Morgan fingerprint density at radius 2 is 2.05 bits per heavy atom. The van der Waals surface area contributed by atoms with Crippen molar-refractivity contribution in [1.29, 1.82) is 0 Å². The first kappa shape index (κ1) is 30.6. The van der Waals surface area contributed by atoms with Crippen molar-refractivity contribution in [2.45, 2.75) is 34.3 Å². The minimum atomic E-state index is -3.49. The number of carbonyl (C=O) groups is 3. The second-order valence-electron chi connectivity index (χ2n) is 8.14. The molecule has 1 aromatic heterocycles. The number of tetrazole rings is 1. The molecule has 0 spiro atoms. The molecule has 1 aromatic carbocycles. The van der Waals surface area contributed by atoms with E-state index in [0.717, 1.165) is 22.9 Å². The number of nitrogens with zero attached hydrogens (tertiary/aromatic N) is 4. The molecule has 1 fully saturated rings. The molecule has 0 saturated carbocycles. The summed E-state index contributed by atoms with van der Waals surface area (Å²) in [6, 6.07) is 7.14. The average Bonchev–Trinajstić information content (AvgIpc) is 3.38. The van der Waals surface area contributed by atoms with Crippen LogP contribution in [0.4, 0.5) is 0 Å². The number of rotatable bonds is 11. The standard InChI is InChI=1S/C20H23N7O7S3.Na/c1-37(33,34)21-8-7-12(36-20-23-25-26-24-20)11-9-35-18-13(17(30)27(18)14(11)19(31)32)22-16(29)15(28)10-5-3-2-4-6-10;/h2-6,12-13,15,18,21,28H,7-9H2,1H3,(H,22,29)(H,31,32)(H,23,24,25,26);/q;+1/p-1/t12?,13-,15?,18+;/m1./s1. The summed E-state index contributed by atoms with van der Waals surface area (Å²) in [6.07, 6.45) is -0.326. The van der Waals surface area contributed by atoms with Gasteiger partial charge in [0.25, 0.3) is 11.8 Å². The van der Waals surface area contributed by atoms with E-state index in [1.54, 1.807) is 30.3 Å². The Morgan fingerprint density at radius 1 is 1.34 bits per heavy atom. The first-order chi connectivity index (χ1) is 17.6. The summed E-state index contributed by atoms with van der Waals surface area (Å²) in [5.41, 5.74) is 0.342. The molecule has 4 rings (SSSR count). The van der Waals surface area contributed by atoms with Gasteiger partial charge < -0.3 is 20.3 Å². The number of fused-ring (bicyclic) bond motifs is 1. The van der Waals surface area contributed by atoms with Gasteiger partial charge in [0.15, 0.2) is 6.10 Å². The number of aromatic amines is 1. The second-order valence-corrected chi connectivity index (χ2v) is 12.3. The third-order valence-corrected chi connectivity index (χ3v) is 8.82. The predicted molar refractivity (Wildman–Crippen MR) is 130 cm³/mol. The van der Waals surface area contributed by atoms with Crippen molar-refractivity contribution >= 4 is 51.3 Å². The van der Waals surface area contributed by atoms with Crippen molar-refractivity contribution in [3.8, 4) is 0 Å². The van der Waals surface area contributed by atoms with Crippen molar-refractivity contribution in [2.75, 3.05) is 18.6 Å². The molecule has 2 aliphatic rings. The molecular weight excluding hydrogens is 569 g/mol. The van der Waals surface area contributed by atoms with Gasteiger partial charge in [-0.2, -0.15) is 0 Å². The Hall–Kier alpha value is -1.99. The fraction of sp³-hybridized carbons (Fsp3) is 0.400. The van der Waals surface area contributed by atoms with Crippen molar-refractivity contribution < 1.29 is 62.6 Å². The Kier molecular flexibility index (Phi) is 10.4. The van der Waals surface area contributed by atoms with Gasteiger partial charge >= 0.3 is 29.6 Å². The molecule has 4 N–H and O–H groups in total. The number of aromatic nitrogens is 4. The first-order valence-corrected chi connectivity index (χ1v) is 14.7. The number of benzene rings is 1. The van der Waals surface area contributed by atoms with Gasteiger partial charge in [-0.25, -0.2) is 18.2 Å². The normalized spacial score (nSPS) is 20.6. The van der Waals surface area contributed by atoms with E-state index in [1.165, 1.54) is 11.8 Å². The van der Waals surface area contributed by atoms with Crippen LogP contribution >= 0.6 is 23.5 Å². The van der Waals surface area contributed by atoms with Crippen LogP contribution in [0.1, 0.15) is 18.1 Å². The van der Waals surface area contributed by atoms with E-state index < -0.39 is 50.6 Å². The van der Waals surface area contributed by atoms with Crippen LogP contribution in [0.5, 0.6) is 0 Å². The number of carboxylic acid groups (broad SMARTS) is 1. The number of hydrogen-bond donors (Lipinski definition) is 4. The van der Waals surface area contributed by atoms with E-state index in [4.69, 9.17) is 0 Å². The number of sulfonamides is 1. The molecule has 0 aliphatic carbocycles. The number of aliphatic hydroxyl groups is 1. The van der Waals surface area contributed by atoms with Crippen molar-refractivity contribution in [2.24, 2.45) is 0 Å². The molecule has 2 aromatic rings. The Bertz CT molecular complexity index is 1310. The van der Waals surface area contributed by atoms with E-state index in [-0.39, 0.29) is 59.1 Å². The molecule has 1 saturated heterocycles. The van der Waals surface area contributed by atoms with Gasteiger partial charge in [0.2, 0.25) is 15.2 Å². The molecular formula is C20H22N7NaO7S3. The van der Waals surface area contributed by atoms with E-state index in [9.17, 15) is 33.0 Å². The molecule has 0 bridgehead atoms. The first-order valence-electron chi connectivity index (χ1n) is 10.8. The number of aliphatic carboxylic acids is 1. The van der Waals surface area contributed by atoms with Crippen LogP contribution in [-0.2, 0) is 24.4 Å². The van der Waals surface area contributed by atoms with Gasteiger partial charge in [0, 0.05) is 17.5 Å². The van der Waals surface area contributed by atoms with Gasteiger partial charge in [-0.05, 0) is 28.0 Å². The maximum atomic E-state index is 13.0. The number of carboxylic acids is 1. The molecule has 38 heavy (non-hydrogen) atoms. The summed E-state index contributed by atoms with van der Waals surface area (Å²) in [6.45, 7) is -0.00000815. The molecule has 4 atom stereocenters. The zero-order valence-corrected chi connectivity index (χ0v) is 24.7.